The van der Waals surface area contributed by atoms with E-state index in [1.807, 2.05) is 12.1 Å². The van der Waals surface area contributed by atoms with E-state index < -0.39 is 0 Å². The van der Waals surface area contributed by atoms with Crippen molar-refractivity contribution in [1.29, 1.82) is 0 Å². The fourth-order valence-electron chi connectivity index (χ4n) is 2.23. The first kappa shape index (κ1) is 11.4. The predicted molar refractivity (Wildman–Crippen MR) is 63.4 cm³/mol. The SMILES string of the molecule is NC1(Cc2ccc(O)cc2)CCCOCC1. The molecule has 0 radical (unpaired) electrons. The number of phenols is 1. The molecule has 2 rings (SSSR count). The van der Waals surface area contributed by atoms with E-state index in [0.717, 1.165) is 38.9 Å². The Morgan fingerprint density at radius 2 is 1.94 bits per heavy atom. The Hall–Kier alpha value is -1.06. The zero-order valence-corrected chi connectivity index (χ0v) is 9.48. The van der Waals surface area contributed by atoms with E-state index in [0.29, 0.717) is 5.75 Å². The molecule has 0 aromatic heterocycles. The first-order valence-electron chi connectivity index (χ1n) is 5.83. The maximum atomic E-state index is 9.22. The maximum absolute atomic E-state index is 9.22. The highest BCUT2D eigenvalue weighted by Crippen LogP contribution is 2.24. The molecule has 0 saturated carbocycles. The molecule has 0 amide bonds. The van der Waals surface area contributed by atoms with Gasteiger partial charge in [-0.2, -0.15) is 0 Å². The monoisotopic (exact) mass is 221 g/mol. The number of aromatic hydroxyl groups is 1. The molecule has 0 bridgehead atoms. The summed E-state index contributed by atoms with van der Waals surface area (Å²) >= 11 is 0. The summed E-state index contributed by atoms with van der Waals surface area (Å²) in [6.45, 7) is 1.59. The summed E-state index contributed by atoms with van der Waals surface area (Å²) in [6.07, 6.45) is 3.81. The van der Waals surface area contributed by atoms with Crippen molar-refractivity contribution in [1.82, 2.24) is 0 Å². The molecule has 0 spiro atoms. The normalized spacial score (nSPS) is 26.3. The third kappa shape index (κ3) is 2.97. The van der Waals surface area contributed by atoms with Crippen LogP contribution in [0.5, 0.6) is 5.75 Å². The van der Waals surface area contributed by atoms with Gasteiger partial charge in [-0.25, -0.2) is 0 Å². The van der Waals surface area contributed by atoms with Gasteiger partial charge in [0.1, 0.15) is 5.75 Å². The minimum absolute atomic E-state index is 0.145. The van der Waals surface area contributed by atoms with Crippen molar-refractivity contribution < 1.29 is 9.84 Å². The van der Waals surface area contributed by atoms with Crippen LogP contribution in [0, 0.1) is 0 Å². The zero-order valence-electron chi connectivity index (χ0n) is 9.48. The van der Waals surface area contributed by atoms with Crippen molar-refractivity contribution in [2.24, 2.45) is 5.73 Å². The number of ether oxygens (including phenoxy) is 1. The van der Waals surface area contributed by atoms with Gasteiger partial charge in [-0.05, 0) is 43.4 Å². The molecule has 1 aliphatic heterocycles. The molecular formula is C13H19NO2. The second-order valence-electron chi connectivity index (χ2n) is 4.67. The molecular weight excluding hydrogens is 202 g/mol. The Morgan fingerprint density at radius 3 is 2.69 bits per heavy atom. The summed E-state index contributed by atoms with van der Waals surface area (Å²) in [7, 11) is 0. The van der Waals surface area contributed by atoms with Crippen LogP contribution in [-0.2, 0) is 11.2 Å². The fraction of sp³-hybridized carbons (Fsp3) is 0.538. The van der Waals surface area contributed by atoms with Crippen LogP contribution in [0.25, 0.3) is 0 Å². The summed E-state index contributed by atoms with van der Waals surface area (Å²) in [5.41, 5.74) is 7.42. The van der Waals surface area contributed by atoms with Crippen LogP contribution in [0.2, 0.25) is 0 Å². The van der Waals surface area contributed by atoms with E-state index in [4.69, 9.17) is 10.5 Å². The first-order valence-corrected chi connectivity index (χ1v) is 5.83. The molecule has 1 fully saturated rings. The highest BCUT2D eigenvalue weighted by molar-refractivity contribution is 5.27. The highest BCUT2D eigenvalue weighted by atomic mass is 16.5. The Morgan fingerprint density at radius 1 is 1.19 bits per heavy atom. The van der Waals surface area contributed by atoms with Crippen LogP contribution in [0.15, 0.2) is 24.3 Å². The average molecular weight is 221 g/mol. The lowest BCUT2D eigenvalue weighted by molar-refractivity contribution is 0.139. The van der Waals surface area contributed by atoms with Gasteiger partial charge in [0.2, 0.25) is 0 Å². The van der Waals surface area contributed by atoms with Crippen LogP contribution in [-0.4, -0.2) is 23.9 Å². The van der Waals surface area contributed by atoms with Crippen molar-refractivity contribution in [3.8, 4) is 5.75 Å². The van der Waals surface area contributed by atoms with E-state index in [9.17, 15) is 5.11 Å². The van der Waals surface area contributed by atoms with E-state index >= 15 is 0 Å². The van der Waals surface area contributed by atoms with Crippen LogP contribution in [0.1, 0.15) is 24.8 Å². The summed E-state index contributed by atoms with van der Waals surface area (Å²) in [6, 6.07) is 7.31. The van der Waals surface area contributed by atoms with E-state index in [1.165, 1.54) is 5.56 Å². The van der Waals surface area contributed by atoms with E-state index in [1.54, 1.807) is 12.1 Å². The molecule has 1 unspecified atom stereocenters. The summed E-state index contributed by atoms with van der Waals surface area (Å²) in [5, 5.41) is 9.22. The van der Waals surface area contributed by atoms with Gasteiger partial charge < -0.3 is 15.6 Å². The van der Waals surface area contributed by atoms with Crippen molar-refractivity contribution in [3.63, 3.8) is 0 Å². The van der Waals surface area contributed by atoms with Gasteiger partial charge in [0.05, 0.1) is 0 Å². The predicted octanol–water partition coefficient (Wildman–Crippen LogP) is 1.83. The van der Waals surface area contributed by atoms with Crippen LogP contribution < -0.4 is 5.73 Å². The topological polar surface area (TPSA) is 55.5 Å². The van der Waals surface area contributed by atoms with E-state index in [2.05, 4.69) is 0 Å². The molecule has 1 atom stereocenters. The van der Waals surface area contributed by atoms with Gasteiger partial charge in [0.15, 0.2) is 0 Å². The highest BCUT2D eigenvalue weighted by Gasteiger charge is 2.26. The number of phenolic OH excluding ortho intramolecular Hbond substituents is 1. The minimum Gasteiger partial charge on any atom is -0.508 e. The Labute approximate surface area is 96.2 Å². The van der Waals surface area contributed by atoms with Crippen molar-refractivity contribution >= 4 is 0 Å². The van der Waals surface area contributed by atoms with Crippen LogP contribution >= 0.6 is 0 Å². The third-order valence-electron chi connectivity index (χ3n) is 3.20. The number of benzene rings is 1. The van der Waals surface area contributed by atoms with Crippen molar-refractivity contribution in [3.05, 3.63) is 29.8 Å². The quantitative estimate of drug-likeness (QED) is 0.801. The number of hydrogen-bond acceptors (Lipinski definition) is 3. The molecule has 0 aliphatic carbocycles. The van der Waals surface area contributed by atoms with Crippen molar-refractivity contribution in [2.75, 3.05) is 13.2 Å². The molecule has 88 valence electrons. The minimum atomic E-state index is -0.145. The Kier molecular flexibility index (Phi) is 3.46. The smallest absolute Gasteiger partial charge is 0.115 e. The van der Waals surface area contributed by atoms with Crippen molar-refractivity contribution in [2.45, 2.75) is 31.2 Å². The summed E-state index contributed by atoms with van der Waals surface area (Å²) in [5.74, 6) is 0.305. The maximum Gasteiger partial charge on any atom is 0.115 e. The second kappa shape index (κ2) is 4.85. The third-order valence-corrected chi connectivity index (χ3v) is 3.20. The molecule has 3 N–H and O–H groups in total. The summed E-state index contributed by atoms with van der Waals surface area (Å²) in [4.78, 5) is 0. The molecule has 1 aliphatic rings. The lowest BCUT2D eigenvalue weighted by Crippen LogP contribution is -2.42. The molecule has 1 heterocycles. The number of rotatable bonds is 2. The lowest BCUT2D eigenvalue weighted by atomic mass is 9.85. The van der Waals surface area contributed by atoms with Gasteiger partial charge in [0.25, 0.3) is 0 Å². The summed E-state index contributed by atoms with van der Waals surface area (Å²) < 4.78 is 5.43. The molecule has 3 nitrogen and oxygen atoms in total. The fourth-order valence-corrected chi connectivity index (χ4v) is 2.23. The van der Waals surface area contributed by atoms with Crippen LogP contribution in [0.4, 0.5) is 0 Å². The lowest BCUT2D eigenvalue weighted by Gasteiger charge is -2.27. The first-order chi connectivity index (χ1) is 7.68. The molecule has 1 saturated heterocycles. The van der Waals surface area contributed by atoms with Gasteiger partial charge >= 0.3 is 0 Å². The second-order valence-corrected chi connectivity index (χ2v) is 4.67. The Bertz CT molecular complexity index is 326. The van der Waals surface area contributed by atoms with Gasteiger partial charge in [-0.3, -0.25) is 0 Å². The standard InChI is InChI=1S/C13H19NO2/c14-13(6-1-8-16-9-7-13)10-11-2-4-12(15)5-3-11/h2-5,15H,1,6-10,14H2. The zero-order chi connectivity index (χ0) is 11.4. The largest absolute Gasteiger partial charge is 0.508 e. The molecule has 1 aromatic rings. The molecule has 16 heavy (non-hydrogen) atoms. The average Bonchev–Trinajstić information content (AvgIpc) is 2.47. The Balaban J connectivity index is 2.04. The number of nitrogens with two attached hydrogens (primary N) is 1. The van der Waals surface area contributed by atoms with Gasteiger partial charge in [-0.1, -0.05) is 12.1 Å². The molecule has 3 heteroatoms. The van der Waals surface area contributed by atoms with Gasteiger partial charge in [0, 0.05) is 18.8 Å². The van der Waals surface area contributed by atoms with E-state index in [-0.39, 0.29) is 5.54 Å². The number of hydrogen-bond donors (Lipinski definition) is 2. The van der Waals surface area contributed by atoms with Crippen LogP contribution in [0.3, 0.4) is 0 Å². The van der Waals surface area contributed by atoms with Gasteiger partial charge in [-0.15, -0.1) is 0 Å². The molecule has 1 aromatic carbocycles.